The normalized spacial score (nSPS) is 11.8. The molecule has 1 heterocycles. The van der Waals surface area contributed by atoms with Gasteiger partial charge in [-0.05, 0) is 67.0 Å². The summed E-state index contributed by atoms with van der Waals surface area (Å²) >= 11 is 6.89. The van der Waals surface area contributed by atoms with E-state index >= 15 is 0 Å². The van der Waals surface area contributed by atoms with Gasteiger partial charge in [-0.2, -0.15) is 4.37 Å². The van der Waals surface area contributed by atoms with Gasteiger partial charge in [-0.1, -0.05) is 55.3 Å². The highest BCUT2D eigenvalue weighted by Crippen LogP contribution is 2.35. The molecule has 0 aliphatic heterocycles. The topological polar surface area (TPSA) is 131 Å². The third kappa shape index (κ3) is 6.03. The lowest BCUT2D eigenvalue weighted by Gasteiger charge is -2.32. The summed E-state index contributed by atoms with van der Waals surface area (Å²) in [6, 6.07) is 11.3. The number of nitrogen functional groups attached to an aromatic ring is 1. The van der Waals surface area contributed by atoms with E-state index in [-0.39, 0.29) is 22.2 Å². The molecule has 3 amide bonds. The van der Waals surface area contributed by atoms with Gasteiger partial charge in [-0.15, -0.1) is 0 Å². The zero-order chi connectivity index (χ0) is 26.6. The van der Waals surface area contributed by atoms with Gasteiger partial charge < -0.3 is 16.8 Å². The van der Waals surface area contributed by atoms with Crippen molar-refractivity contribution in [3.8, 4) is 0 Å². The highest BCUT2D eigenvalue weighted by atomic mass is 35.5. The first kappa shape index (κ1) is 27.2. The van der Waals surface area contributed by atoms with Crippen molar-refractivity contribution in [3.05, 3.63) is 74.7 Å². The zero-order valence-electron chi connectivity index (χ0n) is 20.7. The Morgan fingerprint density at radius 3 is 2.33 bits per heavy atom. The van der Waals surface area contributed by atoms with Crippen molar-refractivity contribution in [1.29, 1.82) is 0 Å². The molecule has 0 saturated heterocycles. The summed E-state index contributed by atoms with van der Waals surface area (Å²) in [4.78, 5) is 40.9. The number of carbonyl (C=O) groups is 3. The molecule has 2 aromatic carbocycles. The number of halogens is 1. The number of amides is 3. The maximum absolute atomic E-state index is 14.1. The Morgan fingerprint density at radius 1 is 1.11 bits per heavy atom. The summed E-state index contributed by atoms with van der Waals surface area (Å²) in [6.07, 6.45) is 0.778. The first-order valence-corrected chi connectivity index (χ1v) is 12.6. The molecule has 0 unspecified atom stereocenters. The number of hydrogen-bond donors (Lipinski definition) is 3. The van der Waals surface area contributed by atoms with E-state index in [1.807, 2.05) is 26.0 Å². The van der Waals surface area contributed by atoms with E-state index in [0.29, 0.717) is 28.7 Å². The van der Waals surface area contributed by atoms with Crippen LogP contribution in [0.25, 0.3) is 0 Å². The Bertz CT molecular complexity index is 1270. The van der Waals surface area contributed by atoms with Crippen molar-refractivity contribution in [1.82, 2.24) is 9.69 Å². The van der Waals surface area contributed by atoms with Crippen LogP contribution in [0.5, 0.6) is 0 Å². The number of nitrogens with zero attached hydrogens (tertiary/aromatic N) is 2. The predicted molar refractivity (Wildman–Crippen MR) is 144 cm³/mol. The Balaban J connectivity index is 2.19. The average Bonchev–Trinajstić information content (AvgIpc) is 3.19. The molecule has 190 valence electrons. The summed E-state index contributed by atoms with van der Waals surface area (Å²) < 4.78 is 3.98. The summed E-state index contributed by atoms with van der Waals surface area (Å²) in [5.74, 6) is -1.37. The van der Waals surface area contributed by atoms with Crippen molar-refractivity contribution in [2.24, 2.45) is 11.7 Å². The second-order valence-electron chi connectivity index (χ2n) is 9.03. The molecule has 0 spiro atoms. The van der Waals surface area contributed by atoms with E-state index < -0.39 is 17.9 Å². The van der Waals surface area contributed by atoms with Gasteiger partial charge in [0.25, 0.3) is 11.8 Å². The first-order chi connectivity index (χ1) is 17.0. The van der Waals surface area contributed by atoms with Gasteiger partial charge in [-0.25, -0.2) is 0 Å². The number of benzene rings is 2. The van der Waals surface area contributed by atoms with Crippen LogP contribution in [0.4, 0.5) is 11.4 Å². The quantitative estimate of drug-likeness (QED) is 0.373. The SMILES string of the molecule is Cc1ccc(N(C(=O)c2snc(C(N)=O)c2N)[C@@H](C(=O)NCCC(C)C)c2ccc(Cl)cc2)c(C)c1. The molecule has 1 aromatic heterocycles. The number of primary amides is 1. The molecular formula is C26H30ClN5O3S. The third-order valence-electron chi connectivity index (χ3n) is 5.70. The molecule has 10 heteroatoms. The summed E-state index contributed by atoms with van der Waals surface area (Å²) in [5.41, 5.74) is 14.1. The van der Waals surface area contributed by atoms with Gasteiger partial charge >= 0.3 is 0 Å². The monoisotopic (exact) mass is 527 g/mol. The van der Waals surface area contributed by atoms with Gasteiger partial charge in [0.1, 0.15) is 10.9 Å². The largest absolute Gasteiger partial charge is 0.395 e. The minimum Gasteiger partial charge on any atom is -0.395 e. The van der Waals surface area contributed by atoms with Crippen LogP contribution in [-0.4, -0.2) is 28.6 Å². The lowest BCUT2D eigenvalue weighted by Crippen LogP contribution is -2.44. The van der Waals surface area contributed by atoms with Gasteiger partial charge in [-0.3, -0.25) is 19.3 Å². The van der Waals surface area contributed by atoms with Crippen LogP contribution >= 0.6 is 23.1 Å². The molecule has 3 aromatic rings. The van der Waals surface area contributed by atoms with E-state index in [9.17, 15) is 14.4 Å². The molecule has 8 nitrogen and oxygen atoms in total. The Labute approximate surface area is 219 Å². The van der Waals surface area contributed by atoms with E-state index in [1.54, 1.807) is 30.3 Å². The fraction of sp³-hybridized carbons (Fsp3) is 0.308. The van der Waals surface area contributed by atoms with E-state index in [4.69, 9.17) is 23.1 Å². The molecule has 0 aliphatic rings. The molecule has 1 atom stereocenters. The van der Waals surface area contributed by atoms with E-state index in [1.165, 1.54) is 4.90 Å². The molecule has 0 radical (unpaired) electrons. The second kappa shape index (κ2) is 11.5. The Hall–Kier alpha value is -3.43. The lowest BCUT2D eigenvalue weighted by atomic mass is 10.0. The van der Waals surface area contributed by atoms with Crippen molar-refractivity contribution in [2.75, 3.05) is 17.2 Å². The molecule has 0 fully saturated rings. The van der Waals surface area contributed by atoms with Crippen LogP contribution in [0, 0.1) is 19.8 Å². The van der Waals surface area contributed by atoms with Crippen LogP contribution in [0.3, 0.4) is 0 Å². The minimum absolute atomic E-state index is 0.0257. The van der Waals surface area contributed by atoms with Crippen LogP contribution in [0.2, 0.25) is 5.02 Å². The Kier molecular flexibility index (Phi) is 8.70. The van der Waals surface area contributed by atoms with Crippen molar-refractivity contribution in [2.45, 2.75) is 40.2 Å². The summed E-state index contributed by atoms with van der Waals surface area (Å²) in [7, 11) is 0. The number of aryl methyl sites for hydroxylation is 2. The number of nitrogens with one attached hydrogen (secondary N) is 1. The minimum atomic E-state index is -1.04. The number of anilines is 2. The third-order valence-corrected chi connectivity index (χ3v) is 6.80. The molecular weight excluding hydrogens is 498 g/mol. The Morgan fingerprint density at radius 2 is 1.78 bits per heavy atom. The van der Waals surface area contributed by atoms with Crippen LogP contribution in [0.1, 0.15) is 63.2 Å². The van der Waals surface area contributed by atoms with Gasteiger partial charge in [0, 0.05) is 17.3 Å². The van der Waals surface area contributed by atoms with Crippen LogP contribution < -0.4 is 21.7 Å². The van der Waals surface area contributed by atoms with Crippen molar-refractivity contribution < 1.29 is 14.4 Å². The van der Waals surface area contributed by atoms with Crippen molar-refractivity contribution in [3.63, 3.8) is 0 Å². The van der Waals surface area contributed by atoms with Gasteiger partial charge in [0.2, 0.25) is 5.91 Å². The lowest BCUT2D eigenvalue weighted by molar-refractivity contribution is -0.122. The average molecular weight is 528 g/mol. The molecule has 0 saturated carbocycles. The van der Waals surface area contributed by atoms with Gasteiger partial charge in [0.15, 0.2) is 5.69 Å². The molecule has 0 bridgehead atoms. The fourth-order valence-corrected chi connectivity index (χ4v) is 4.69. The molecule has 36 heavy (non-hydrogen) atoms. The smallest absolute Gasteiger partial charge is 0.273 e. The van der Waals surface area contributed by atoms with E-state index in [0.717, 1.165) is 29.1 Å². The molecule has 0 aliphatic carbocycles. The zero-order valence-corrected chi connectivity index (χ0v) is 22.2. The molecule has 3 rings (SSSR count). The predicted octanol–water partition coefficient (Wildman–Crippen LogP) is 4.64. The number of rotatable bonds is 9. The first-order valence-electron chi connectivity index (χ1n) is 11.5. The summed E-state index contributed by atoms with van der Waals surface area (Å²) in [6.45, 7) is 8.39. The fourth-order valence-electron chi connectivity index (χ4n) is 3.82. The highest BCUT2D eigenvalue weighted by Gasteiger charge is 2.36. The standard InChI is InChI=1S/C26H30ClN5O3S/c1-14(2)11-12-30-25(34)22(17-6-8-18(27)9-7-17)32(19-10-5-15(3)13-16(19)4)26(35)23-20(28)21(24(29)33)31-36-23/h5-10,13-14,22H,11-12,28H2,1-4H3,(H2,29,33)(H,30,34)/t22-/m1/s1. The van der Waals surface area contributed by atoms with Crippen molar-refractivity contribution >= 4 is 52.2 Å². The van der Waals surface area contributed by atoms with Crippen LogP contribution in [-0.2, 0) is 4.79 Å². The molecule has 5 N–H and O–H groups in total. The van der Waals surface area contributed by atoms with Crippen LogP contribution in [0.15, 0.2) is 42.5 Å². The second-order valence-corrected chi connectivity index (χ2v) is 10.2. The number of nitrogens with two attached hydrogens (primary N) is 2. The van der Waals surface area contributed by atoms with Gasteiger partial charge in [0.05, 0.1) is 5.69 Å². The summed E-state index contributed by atoms with van der Waals surface area (Å²) in [5, 5.41) is 3.47. The number of carbonyl (C=O) groups excluding carboxylic acids is 3. The maximum Gasteiger partial charge on any atom is 0.273 e. The number of aromatic nitrogens is 1. The maximum atomic E-state index is 14.1. The number of hydrogen-bond acceptors (Lipinski definition) is 6. The highest BCUT2D eigenvalue weighted by molar-refractivity contribution is 7.09. The van der Waals surface area contributed by atoms with E-state index in [2.05, 4.69) is 23.5 Å².